The van der Waals surface area contributed by atoms with Crippen molar-refractivity contribution in [3.05, 3.63) is 173 Å². The van der Waals surface area contributed by atoms with Crippen molar-refractivity contribution in [2.75, 3.05) is 28.2 Å². The van der Waals surface area contributed by atoms with Gasteiger partial charge in [-0.1, -0.05) is 119 Å². The predicted octanol–water partition coefficient (Wildman–Crippen LogP) is 11.9. The van der Waals surface area contributed by atoms with E-state index in [1.165, 1.54) is 56.4 Å². The van der Waals surface area contributed by atoms with E-state index < -0.39 is 0 Å². The zero-order chi connectivity index (χ0) is 34.6. The normalized spacial score (nSPS) is 18.8. The Balaban J connectivity index is 1.46. The van der Waals surface area contributed by atoms with Crippen LogP contribution in [0.15, 0.2) is 162 Å². The van der Waals surface area contributed by atoms with E-state index in [2.05, 4.69) is 185 Å². The third-order valence-electron chi connectivity index (χ3n) is 10.6. The van der Waals surface area contributed by atoms with Gasteiger partial charge in [0.2, 0.25) is 0 Å². The van der Waals surface area contributed by atoms with Crippen molar-refractivity contribution in [3.63, 3.8) is 0 Å². The number of fused-ring (bicyclic) bond motifs is 1. The van der Waals surface area contributed by atoms with Gasteiger partial charge < -0.3 is 15.1 Å². The summed E-state index contributed by atoms with van der Waals surface area (Å²) in [7, 11) is 0. The summed E-state index contributed by atoms with van der Waals surface area (Å²) in [4.78, 5) is 4.98. The summed E-state index contributed by atoms with van der Waals surface area (Å²) >= 11 is 0. The third kappa shape index (κ3) is 6.64. The van der Waals surface area contributed by atoms with Gasteiger partial charge in [-0.2, -0.15) is 0 Å². The van der Waals surface area contributed by atoms with E-state index in [0.717, 1.165) is 44.3 Å². The highest BCUT2D eigenvalue weighted by molar-refractivity contribution is 5.72. The minimum atomic E-state index is -0.238. The number of nitrogens with one attached hydrogen (secondary N) is 1. The molecule has 3 aliphatic rings. The summed E-state index contributed by atoms with van der Waals surface area (Å²) in [5, 5.41) is 3.56. The first-order valence-corrected chi connectivity index (χ1v) is 18.1. The Kier molecular flexibility index (Phi) is 10.0. The molecule has 3 aromatic carbocycles. The largest absolute Gasteiger partial charge is 0.385 e. The fourth-order valence-electron chi connectivity index (χ4n) is 7.69. The van der Waals surface area contributed by atoms with E-state index in [0.29, 0.717) is 0 Å². The van der Waals surface area contributed by atoms with Crippen LogP contribution in [0.25, 0.3) is 0 Å². The second kappa shape index (κ2) is 14.4. The molecule has 0 fully saturated rings. The van der Waals surface area contributed by atoms with Gasteiger partial charge in [0.15, 0.2) is 0 Å². The highest BCUT2D eigenvalue weighted by Gasteiger charge is 2.39. The van der Waals surface area contributed by atoms with E-state index in [9.17, 15) is 0 Å². The Labute approximate surface area is 295 Å². The minimum absolute atomic E-state index is 0.0745. The molecule has 252 valence electrons. The summed E-state index contributed by atoms with van der Waals surface area (Å²) in [6.45, 7) is 20.2. The molecule has 0 amide bonds. The van der Waals surface area contributed by atoms with E-state index in [-0.39, 0.29) is 10.8 Å². The second-order valence-electron chi connectivity index (χ2n) is 14.3. The zero-order valence-electron chi connectivity index (χ0n) is 30.4. The lowest BCUT2D eigenvalue weighted by molar-refractivity contribution is 0.633. The maximum atomic E-state index is 4.64. The molecule has 1 N–H and O–H groups in total. The lowest BCUT2D eigenvalue weighted by Gasteiger charge is -2.31. The zero-order valence-corrected chi connectivity index (χ0v) is 30.4. The lowest BCUT2D eigenvalue weighted by Crippen LogP contribution is -2.26. The molecule has 0 saturated heterocycles. The van der Waals surface area contributed by atoms with Crippen molar-refractivity contribution in [2.45, 2.75) is 78.1 Å². The van der Waals surface area contributed by atoms with Crippen LogP contribution in [0.5, 0.6) is 0 Å². The van der Waals surface area contributed by atoms with Gasteiger partial charge in [-0.05, 0) is 104 Å². The molecule has 0 spiro atoms. The molecule has 0 atom stereocenters. The number of benzene rings is 3. The number of nitrogens with zero attached hydrogens (tertiary/aromatic N) is 2. The van der Waals surface area contributed by atoms with E-state index in [4.69, 9.17) is 0 Å². The quantitative estimate of drug-likeness (QED) is 0.209. The Bertz CT molecular complexity index is 1880. The average molecular weight is 648 g/mol. The summed E-state index contributed by atoms with van der Waals surface area (Å²) in [6, 6.07) is 28.4. The Morgan fingerprint density at radius 2 is 1.65 bits per heavy atom. The van der Waals surface area contributed by atoms with Crippen LogP contribution < -0.4 is 15.1 Å². The van der Waals surface area contributed by atoms with Crippen LogP contribution in [0, 0.1) is 0 Å². The Hall–Kier alpha value is -4.76. The molecule has 3 nitrogen and oxygen atoms in total. The van der Waals surface area contributed by atoms with Gasteiger partial charge in [-0.3, -0.25) is 0 Å². The first-order valence-electron chi connectivity index (χ1n) is 18.1. The van der Waals surface area contributed by atoms with Crippen LogP contribution >= 0.6 is 0 Å². The topological polar surface area (TPSA) is 18.5 Å². The van der Waals surface area contributed by atoms with Crippen molar-refractivity contribution in [3.8, 4) is 0 Å². The van der Waals surface area contributed by atoms with Crippen LogP contribution in [-0.4, -0.2) is 13.1 Å². The van der Waals surface area contributed by atoms with Gasteiger partial charge in [-0.25, -0.2) is 0 Å². The molecule has 0 radical (unpaired) electrons. The van der Waals surface area contributed by atoms with Crippen LogP contribution in [0.1, 0.15) is 78.4 Å². The number of para-hydroxylation sites is 3. The first-order chi connectivity index (χ1) is 23.7. The van der Waals surface area contributed by atoms with Crippen molar-refractivity contribution < 1.29 is 0 Å². The van der Waals surface area contributed by atoms with Gasteiger partial charge in [0.25, 0.3) is 0 Å². The van der Waals surface area contributed by atoms with Crippen molar-refractivity contribution in [2.24, 2.45) is 0 Å². The molecule has 2 aliphatic carbocycles. The summed E-state index contributed by atoms with van der Waals surface area (Å²) in [6.07, 6.45) is 20.5. The van der Waals surface area contributed by atoms with Crippen LogP contribution in [-0.2, 0) is 10.8 Å². The minimum Gasteiger partial charge on any atom is -0.385 e. The number of rotatable bonds is 11. The molecule has 1 aliphatic heterocycles. The van der Waals surface area contributed by atoms with Crippen LogP contribution in [0.2, 0.25) is 0 Å². The molecule has 3 aromatic rings. The third-order valence-corrected chi connectivity index (χ3v) is 10.6. The molecule has 0 unspecified atom stereocenters. The Morgan fingerprint density at radius 1 is 0.918 bits per heavy atom. The highest BCUT2D eigenvalue weighted by Crippen LogP contribution is 2.48. The number of allylic oxidation sites excluding steroid dienone is 11. The monoisotopic (exact) mass is 647 g/mol. The molecule has 0 bridgehead atoms. The van der Waals surface area contributed by atoms with Gasteiger partial charge in [0, 0.05) is 52.4 Å². The van der Waals surface area contributed by atoms with Crippen molar-refractivity contribution in [1.29, 1.82) is 0 Å². The average Bonchev–Trinajstić information content (AvgIpc) is 3.61. The van der Waals surface area contributed by atoms with Crippen LogP contribution in [0.4, 0.5) is 17.1 Å². The molecule has 0 aromatic heterocycles. The molecule has 0 saturated carbocycles. The number of hydrogen-bond acceptors (Lipinski definition) is 3. The fourth-order valence-corrected chi connectivity index (χ4v) is 7.69. The number of hydrogen-bond donors (Lipinski definition) is 1. The standard InChI is InChI=1S/C46H53N3/c1-8-47-41-26-18-16-24-39(41)45(4,5)34(3)28-29-35-30-31-36(32-33-43-46(6,7)40-25-17-19-27-42(40)48(43)9-2)44(35)49(37-20-12-10-13-21-37)38-22-14-11-15-23-38/h10,12-14,16-29,32-33,47H,3,8-9,11,15,30-31H2,1-2,4-7H3/b29-28+,36-32+,43-33+. The van der Waals surface area contributed by atoms with E-state index in [1.807, 2.05) is 0 Å². The molecular weight excluding hydrogens is 595 g/mol. The SMILES string of the molecule is C=C(/C=C/C1=C(N(C2=CCCC=C2)c2ccccc2)C(=C/C=C2/N(CC)c3ccccc3C2(C)C)/CC1)C(C)(C)c1ccccc1NCC. The summed E-state index contributed by atoms with van der Waals surface area (Å²) in [5.41, 5.74) is 13.7. The smallest absolute Gasteiger partial charge is 0.0525 e. The van der Waals surface area contributed by atoms with Crippen molar-refractivity contribution >= 4 is 17.1 Å². The van der Waals surface area contributed by atoms with Crippen LogP contribution in [0.3, 0.4) is 0 Å². The van der Waals surface area contributed by atoms with Gasteiger partial charge in [0.05, 0.1) is 5.70 Å². The highest BCUT2D eigenvalue weighted by atomic mass is 15.2. The van der Waals surface area contributed by atoms with E-state index >= 15 is 0 Å². The van der Waals surface area contributed by atoms with E-state index in [1.54, 1.807) is 0 Å². The van der Waals surface area contributed by atoms with Gasteiger partial charge in [0.1, 0.15) is 0 Å². The maximum absolute atomic E-state index is 4.64. The second-order valence-corrected chi connectivity index (χ2v) is 14.3. The van der Waals surface area contributed by atoms with Crippen molar-refractivity contribution in [1.82, 2.24) is 0 Å². The summed E-state index contributed by atoms with van der Waals surface area (Å²) in [5.74, 6) is 0. The lowest BCUT2D eigenvalue weighted by atomic mass is 9.77. The first kappa shape index (κ1) is 34.1. The molecule has 1 heterocycles. The molecule has 3 heteroatoms. The molecular formula is C46H53N3. The number of likely N-dealkylation sites (N-methyl/N-ethyl adjacent to an activating group) is 1. The fraction of sp³-hybridized carbons (Fsp3) is 0.304. The number of anilines is 3. The van der Waals surface area contributed by atoms with Gasteiger partial charge in [-0.15, -0.1) is 0 Å². The Morgan fingerprint density at radius 3 is 2.39 bits per heavy atom. The maximum Gasteiger partial charge on any atom is 0.0525 e. The summed E-state index contributed by atoms with van der Waals surface area (Å²) < 4.78 is 0. The van der Waals surface area contributed by atoms with Gasteiger partial charge >= 0.3 is 0 Å². The molecule has 49 heavy (non-hydrogen) atoms. The molecule has 6 rings (SSSR count). The predicted molar refractivity (Wildman–Crippen MR) is 212 cm³/mol.